The second kappa shape index (κ2) is 19.4. The van der Waals surface area contributed by atoms with E-state index >= 15 is 0 Å². The van der Waals surface area contributed by atoms with Crippen molar-refractivity contribution in [2.45, 2.75) is 128 Å². The van der Waals surface area contributed by atoms with E-state index in [0.717, 1.165) is 64.2 Å². The molecule has 4 aliphatic carbocycles. The summed E-state index contributed by atoms with van der Waals surface area (Å²) < 4.78 is 5.55. The summed E-state index contributed by atoms with van der Waals surface area (Å²) in [7, 11) is 0. The normalized spacial score (nSPS) is 24.8. The summed E-state index contributed by atoms with van der Waals surface area (Å²) in [4.78, 5) is 12.0. The lowest BCUT2D eigenvalue weighted by Gasteiger charge is -2.27. The number of hydrogen-bond acceptors (Lipinski definition) is 7. The van der Waals surface area contributed by atoms with Crippen molar-refractivity contribution in [2.24, 2.45) is 17.6 Å². The molecule has 4 aliphatic rings. The van der Waals surface area contributed by atoms with Crippen LogP contribution in [0.4, 0.5) is 4.79 Å². The van der Waals surface area contributed by atoms with Gasteiger partial charge in [0, 0.05) is 28.5 Å². The van der Waals surface area contributed by atoms with Crippen molar-refractivity contribution in [1.29, 1.82) is 0 Å². The molecule has 8 nitrogen and oxygen atoms in total. The number of halogens is 2. The zero-order chi connectivity index (χ0) is 34.5. The van der Waals surface area contributed by atoms with E-state index in [1.54, 1.807) is 24.3 Å². The molecule has 6 atom stereocenters. The van der Waals surface area contributed by atoms with Crippen LogP contribution in [0.25, 0.3) is 0 Å². The quantitative estimate of drug-likeness (QED) is 0.113. The minimum absolute atomic E-state index is 0.00465. The van der Waals surface area contributed by atoms with E-state index in [2.05, 4.69) is 0 Å². The van der Waals surface area contributed by atoms with Gasteiger partial charge in [-0.1, -0.05) is 52.4 Å². The van der Waals surface area contributed by atoms with Crippen molar-refractivity contribution in [3.05, 3.63) is 46.5 Å². The smallest absolute Gasteiger partial charge is 0.405 e. The zero-order valence-electron chi connectivity index (χ0n) is 28.0. The van der Waals surface area contributed by atoms with Gasteiger partial charge in [0.05, 0.1) is 6.10 Å². The molecule has 0 heterocycles. The summed E-state index contributed by atoms with van der Waals surface area (Å²) in [6, 6.07) is 6.35. The van der Waals surface area contributed by atoms with E-state index in [1.807, 2.05) is 13.8 Å². The molecule has 0 saturated carbocycles. The van der Waals surface area contributed by atoms with Crippen LogP contribution < -0.4 is 5.73 Å². The first-order valence-electron chi connectivity index (χ1n) is 17.4. The highest BCUT2D eigenvalue weighted by atomic mass is 35.5. The van der Waals surface area contributed by atoms with Gasteiger partial charge >= 0.3 is 6.09 Å². The Kier molecular flexibility index (Phi) is 16.1. The largest absolute Gasteiger partial charge is 0.508 e. The maximum absolute atomic E-state index is 12.0. The Bertz CT molecular complexity index is 1230. The highest BCUT2D eigenvalue weighted by Gasteiger charge is 2.29. The van der Waals surface area contributed by atoms with E-state index in [9.17, 15) is 30.3 Å². The lowest BCUT2D eigenvalue weighted by Crippen LogP contribution is -2.22. The molecule has 6 rings (SSSR count). The Labute approximate surface area is 290 Å². The maximum atomic E-state index is 12.0. The molecule has 0 radical (unpaired) electrons. The molecule has 264 valence electrons. The summed E-state index contributed by atoms with van der Waals surface area (Å²) in [6.45, 7) is 3.91. The number of phenols is 4. The molecule has 2 aromatic carbocycles. The molecule has 0 saturated heterocycles. The Morgan fingerprint density at radius 1 is 0.702 bits per heavy atom. The second-order valence-electron chi connectivity index (χ2n) is 13.5. The molecule has 10 heteroatoms. The number of aliphatic hydroxyl groups is 1. The van der Waals surface area contributed by atoms with Crippen LogP contribution >= 0.6 is 23.2 Å². The van der Waals surface area contributed by atoms with Gasteiger partial charge in [-0.05, 0) is 105 Å². The minimum Gasteiger partial charge on any atom is -0.508 e. The van der Waals surface area contributed by atoms with Crippen LogP contribution in [0.2, 0.25) is 0 Å². The number of unbranched alkanes of at least 4 members (excludes halogenated alkanes) is 2. The average molecular weight is 697 g/mol. The number of carbonyl (C=O) groups excluding carboxylic acids is 1. The third kappa shape index (κ3) is 11.3. The first-order valence-corrected chi connectivity index (χ1v) is 18.4. The lowest BCUT2D eigenvalue weighted by molar-refractivity contribution is 0.0690. The van der Waals surface area contributed by atoms with Crippen molar-refractivity contribution < 1.29 is 35.1 Å². The summed E-state index contributed by atoms with van der Waals surface area (Å²) >= 11 is 11.9. The predicted octanol–water partition coefficient (Wildman–Crippen LogP) is 9.77. The topological polar surface area (TPSA) is 153 Å². The van der Waals surface area contributed by atoms with Crippen LogP contribution in [-0.4, -0.2) is 43.4 Å². The van der Waals surface area contributed by atoms with Crippen LogP contribution in [-0.2, 0) is 4.74 Å². The molecule has 0 unspecified atom stereocenters. The Hall–Kier alpha value is -2.55. The Balaban J connectivity index is 1.98. The molecule has 0 spiro atoms. The molecule has 47 heavy (non-hydrogen) atoms. The molecule has 4 bridgehead atoms. The fourth-order valence-electron chi connectivity index (χ4n) is 7.29. The van der Waals surface area contributed by atoms with Gasteiger partial charge < -0.3 is 36.0 Å². The van der Waals surface area contributed by atoms with Gasteiger partial charge in [-0.3, -0.25) is 0 Å². The number of rotatable bonds is 9. The van der Waals surface area contributed by atoms with Gasteiger partial charge in [0.1, 0.15) is 29.1 Å². The van der Waals surface area contributed by atoms with Crippen molar-refractivity contribution >= 4 is 29.3 Å². The SMILES string of the molecule is C[C@H]1CCCC[C@H](CCCCCl)c2c(O)cc(cc2O)[C@H](OC(N)=O)[C@@H](C)CCCC[C@H](CCCCCl)c2c(O)cc(cc2O)[C@@H]1O. The molecule has 0 aliphatic heterocycles. The van der Waals surface area contributed by atoms with E-state index in [1.165, 1.54) is 0 Å². The molecule has 1 amide bonds. The standard InChI is InChI=1S/C37H55Cl2NO7/c1-23-11-3-5-13-26(16-8-10-18-39)34-31(43)21-28(22-32(34)44)36(47-37(40)46)24(2)12-4-6-14-25(15-7-9-17-38)33-29(41)19-27(35(23)45)20-30(33)42/h19-26,35-36,41-45H,3-18H2,1-2H3,(H2,40,46)/t23-,24-,25+,26+,35+,36+/m0/s1. The number of ether oxygens (including phenoxy) is 1. The van der Waals surface area contributed by atoms with Crippen molar-refractivity contribution in [2.75, 3.05) is 11.8 Å². The van der Waals surface area contributed by atoms with Gasteiger partial charge in [0.2, 0.25) is 0 Å². The molecular weight excluding hydrogens is 641 g/mol. The number of phenolic OH excluding ortho intramolecular Hbond substituents is 4. The van der Waals surface area contributed by atoms with E-state index in [0.29, 0.717) is 59.7 Å². The highest BCUT2D eigenvalue weighted by Crippen LogP contribution is 2.45. The van der Waals surface area contributed by atoms with Crippen molar-refractivity contribution in [1.82, 2.24) is 0 Å². The molecule has 7 N–H and O–H groups in total. The Morgan fingerprint density at radius 2 is 1.11 bits per heavy atom. The van der Waals surface area contributed by atoms with Crippen LogP contribution in [0.3, 0.4) is 0 Å². The fraction of sp³-hybridized carbons (Fsp3) is 0.649. The average Bonchev–Trinajstić information content (AvgIpc) is 3.01. The number of hydrogen-bond donors (Lipinski definition) is 6. The minimum atomic E-state index is -0.932. The first kappa shape index (κ1) is 38.9. The van der Waals surface area contributed by atoms with Crippen LogP contribution in [0.1, 0.15) is 150 Å². The number of alkyl halides is 2. The van der Waals surface area contributed by atoms with Crippen molar-refractivity contribution in [3.8, 4) is 23.0 Å². The summed E-state index contributed by atoms with van der Waals surface area (Å²) in [5.41, 5.74) is 7.42. The van der Waals surface area contributed by atoms with Crippen molar-refractivity contribution in [3.63, 3.8) is 0 Å². The number of carbonyl (C=O) groups is 1. The van der Waals surface area contributed by atoms with Gasteiger partial charge in [-0.15, -0.1) is 23.2 Å². The molecule has 0 fully saturated rings. The van der Waals surface area contributed by atoms with E-state index in [4.69, 9.17) is 33.7 Å². The van der Waals surface area contributed by atoms with E-state index in [-0.39, 0.29) is 46.7 Å². The molecular formula is C37H55Cl2NO7. The number of amides is 1. The summed E-state index contributed by atoms with van der Waals surface area (Å²) in [5, 5.41) is 56.0. The summed E-state index contributed by atoms with van der Waals surface area (Å²) in [5.74, 6) is 0.468. The molecule has 2 aromatic rings. The summed E-state index contributed by atoms with van der Waals surface area (Å²) in [6.07, 6.45) is 8.18. The third-order valence-corrected chi connectivity index (χ3v) is 10.4. The zero-order valence-corrected chi connectivity index (χ0v) is 29.5. The maximum Gasteiger partial charge on any atom is 0.405 e. The number of primary amides is 1. The third-order valence-electron chi connectivity index (χ3n) is 9.90. The van der Waals surface area contributed by atoms with Gasteiger partial charge in [-0.25, -0.2) is 4.79 Å². The number of nitrogens with two attached hydrogens (primary N) is 1. The Morgan fingerprint density at radius 3 is 1.53 bits per heavy atom. The highest BCUT2D eigenvalue weighted by molar-refractivity contribution is 6.18. The van der Waals surface area contributed by atoms with Gasteiger partial charge in [0.15, 0.2) is 0 Å². The number of benzene rings is 2. The second-order valence-corrected chi connectivity index (χ2v) is 14.3. The number of aromatic hydroxyl groups is 4. The van der Waals surface area contributed by atoms with Gasteiger partial charge in [-0.2, -0.15) is 0 Å². The van der Waals surface area contributed by atoms with Crippen LogP contribution in [0, 0.1) is 11.8 Å². The number of aliphatic hydroxyl groups excluding tert-OH is 1. The van der Waals surface area contributed by atoms with Crippen LogP contribution in [0.15, 0.2) is 24.3 Å². The van der Waals surface area contributed by atoms with Gasteiger partial charge in [0.25, 0.3) is 0 Å². The lowest BCUT2D eigenvalue weighted by atomic mass is 9.83. The molecule has 0 aromatic heterocycles. The fourth-order valence-corrected chi connectivity index (χ4v) is 7.66. The first-order chi connectivity index (χ1) is 22.5. The predicted molar refractivity (Wildman–Crippen MR) is 188 cm³/mol. The monoisotopic (exact) mass is 695 g/mol. The van der Waals surface area contributed by atoms with E-state index < -0.39 is 18.3 Å². The van der Waals surface area contributed by atoms with Crippen LogP contribution in [0.5, 0.6) is 23.0 Å².